The van der Waals surface area contributed by atoms with Gasteiger partial charge in [0.2, 0.25) is 0 Å². The summed E-state index contributed by atoms with van der Waals surface area (Å²) < 4.78 is 10.4. The first-order chi connectivity index (χ1) is 6.79. The van der Waals surface area contributed by atoms with E-state index in [0.717, 1.165) is 6.61 Å². The van der Waals surface area contributed by atoms with Gasteiger partial charge in [0.05, 0.1) is 23.3 Å². The number of nitriles is 1. The lowest BCUT2D eigenvalue weighted by atomic mass is 10.2. The lowest BCUT2D eigenvalue weighted by Gasteiger charge is -2.05. The van der Waals surface area contributed by atoms with Gasteiger partial charge < -0.3 is 9.47 Å². The molecule has 0 bridgehead atoms. The van der Waals surface area contributed by atoms with Crippen LogP contribution in [0.15, 0.2) is 18.2 Å². The molecule has 0 saturated carbocycles. The van der Waals surface area contributed by atoms with E-state index in [1.807, 2.05) is 6.07 Å². The molecule has 4 heteroatoms. The highest BCUT2D eigenvalue weighted by atomic mass is 35.5. The average Bonchev–Trinajstić information content (AvgIpc) is 2.99. The van der Waals surface area contributed by atoms with Crippen LogP contribution in [-0.4, -0.2) is 19.3 Å². The fraction of sp³-hybridized carbons (Fsp3) is 0.300. The molecule has 1 atom stereocenters. The molecule has 0 radical (unpaired) electrons. The molecule has 0 N–H and O–H groups in total. The summed E-state index contributed by atoms with van der Waals surface area (Å²) >= 11 is 5.90. The van der Waals surface area contributed by atoms with Crippen molar-refractivity contribution in [2.45, 2.75) is 6.10 Å². The minimum absolute atomic E-state index is 0.210. The fourth-order valence-corrected chi connectivity index (χ4v) is 1.27. The molecule has 1 aliphatic rings. The van der Waals surface area contributed by atoms with E-state index in [1.54, 1.807) is 18.2 Å². The maximum absolute atomic E-state index is 8.61. The van der Waals surface area contributed by atoms with E-state index in [1.165, 1.54) is 0 Å². The Hall–Kier alpha value is -1.24. The van der Waals surface area contributed by atoms with E-state index in [9.17, 15) is 0 Å². The molecular weight excluding hydrogens is 202 g/mol. The minimum atomic E-state index is 0.210. The lowest BCUT2D eigenvalue weighted by Crippen LogP contribution is -2.04. The number of nitrogens with zero attached hydrogens (tertiary/aromatic N) is 1. The molecule has 0 unspecified atom stereocenters. The zero-order valence-corrected chi connectivity index (χ0v) is 8.12. The molecule has 1 heterocycles. The number of epoxide rings is 1. The molecule has 0 spiro atoms. The van der Waals surface area contributed by atoms with Crippen molar-refractivity contribution in [2.24, 2.45) is 0 Å². The van der Waals surface area contributed by atoms with Gasteiger partial charge in [-0.2, -0.15) is 5.26 Å². The van der Waals surface area contributed by atoms with Crippen LogP contribution >= 0.6 is 11.6 Å². The molecule has 0 aromatic heterocycles. The van der Waals surface area contributed by atoms with Crippen molar-refractivity contribution in [2.75, 3.05) is 13.2 Å². The van der Waals surface area contributed by atoms with Crippen LogP contribution in [-0.2, 0) is 4.74 Å². The molecule has 1 fully saturated rings. The van der Waals surface area contributed by atoms with Gasteiger partial charge in [-0.25, -0.2) is 0 Å². The second-order valence-electron chi connectivity index (χ2n) is 3.02. The third-order valence-corrected chi connectivity index (χ3v) is 2.18. The van der Waals surface area contributed by atoms with Crippen LogP contribution in [0.3, 0.4) is 0 Å². The van der Waals surface area contributed by atoms with Crippen molar-refractivity contribution in [3.63, 3.8) is 0 Å². The van der Waals surface area contributed by atoms with Gasteiger partial charge in [-0.3, -0.25) is 0 Å². The normalized spacial score (nSPS) is 18.7. The summed E-state index contributed by atoms with van der Waals surface area (Å²) in [6.45, 7) is 1.28. The summed E-state index contributed by atoms with van der Waals surface area (Å²) in [5, 5.41) is 9.07. The van der Waals surface area contributed by atoms with E-state index in [0.29, 0.717) is 22.9 Å². The first-order valence-corrected chi connectivity index (χ1v) is 4.61. The molecular formula is C10H8ClNO2. The molecule has 2 rings (SSSR count). The van der Waals surface area contributed by atoms with Crippen molar-refractivity contribution >= 4 is 11.6 Å². The highest BCUT2D eigenvalue weighted by Gasteiger charge is 2.23. The first kappa shape index (κ1) is 9.32. The Morgan fingerprint density at radius 3 is 3.00 bits per heavy atom. The van der Waals surface area contributed by atoms with E-state index in [4.69, 9.17) is 26.3 Å². The SMILES string of the molecule is N#Cc1ccc(OC[C@H]2CO2)c(Cl)c1. The van der Waals surface area contributed by atoms with Gasteiger partial charge >= 0.3 is 0 Å². The summed E-state index contributed by atoms with van der Waals surface area (Å²) in [5.41, 5.74) is 0.532. The largest absolute Gasteiger partial charge is 0.489 e. The standard InChI is InChI=1S/C10H8ClNO2/c11-9-3-7(4-12)1-2-10(9)14-6-8-5-13-8/h1-3,8H,5-6H2/t8-/m1/s1. The minimum Gasteiger partial charge on any atom is -0.489 e. The van der Waals surface area contributed by atoms with Crippen LogP contribution in [0.5, 0.6) is 5.75 Å². The van der Waals surface area contributed by atoms with Crippen molar-refractivity contribution in [1.82, 2.24) is 0 Å². The third-order valence-electron chi connectivity index (χ3n) is 1.89. The van der Waals surface area contributed by atoms with Gasteiger partial charge in [0.15, 0.2) is 0 Å². The molecule has 72 valence electrons. The van der Waals surface area contributed by atoms with Gasteiger partial charge in [-0.15, -0.1) is 0 Å². The fourth-order valence-electron chi connectivity index (χ4n) is 1.03. The Kier molecular flexibility index (Phi) is 2.58. The zero-order chi connectivity index (χ0) is 9.97. The van der Waals surface area contributed by atoms with Crippen LogP contribution in [0.25, 0.3) is 0 Å². The van der Waals surface area contributed by atoms with Crippen LogP contribution in [0.2, 0.25) is 5.02 Å². The number of rotatable bonds is 3. The number of hydrogen-bond acceptors (Lipinski definition) is 3. The Morgan fingerprint density at radius 2 is 2.43 bits per heavy atom. The summed E-state index contributed by atoms with van der Waals surface area (Å²) in [7, 11) is 0. The summed E-state index contributed by atoms with van der Waals surface area (Å²) in [4.78, 5) is 0. The average molecular weight is 210 g/mol. The lowest BCUT2D eigenvalue weighted by molar-refractivity contribution is 0.263. The summed E-state index contributed by atoms with van der Waals surface area (Å²) in [6, 6.07) is 6.97. The van der Waals surface area contributed by atoms with Gasteiger partial charge in [0.25, 0.3) is 0 Å². The molecule has 1 aliphatic heterocycles. The van der Waals surface area contributed by atoms with Gasteiger partial charge in [0.1, 0.15) is 18.5 Å². The van der Waals surface area contributed by atoms with Crippen molar-refractivity contribution < 1.29 is 9.47 Å². The maximum atomic E-state index is 8.61. The smallest absolute Gasteiger partial charge is 0.138 e. The van der Waals surface area contributed by atoms with E-state index in [-0.39, 0.29) is 6.10 Å². The van der Waals surface area contributed by atoms with Crippen molar-refractivity contribution in [1.29, 1.82) is 5.26 Å². The Bertz CT molecular complexity index is 382. The predicted molar refractivity (Wildman–Crippen MR) is 51.4 cm³/mol. The summed E-state index contributed by atoms with van der Waals surface area (Å²) in [5.74, 6) is 0.598. The molecule has 1 saturated heterocycles. The van der Waals surface area contributed by atoms with Gasteiger partial charge in [0, 0.05) is 0 Å². The number of benzene rings is 1. The van der Waals surface area contributed by atoms with Crippen LogP contribution in [0.4, 0.5) is 0 Å². The highest BCUT2D eigenvalue weighted by molar-refractivity contribution is 6.32. The predicted octanol–water partition coefficient (Wildman–Crippen LogP) is 1.99. The molecule has 0 amide bonds. The van der Waals surface area contributed by atoms with E-state index < -0.39 is 0 Å². The Labute approximate surface area is 86.8 Å². The number of ether oxygens (including phenoxy) is 2. The van der Waals surface area contributed by atoms with Crippen LogP contribution in [0.1, 0.15) is 5.56 Å². The highest BCUT2D eigenvalue weighted by Crippen LogP contribution is 2.26. The topological polar surface area (TPSA) is 45.5 Å². The maximum Gasteiger partial charge on any atom is 0.138 e. The second-order valence-corrected chi connectivity index (χ2v) is 3.43. The number of hydrogen-bond donors (Lipinski definition) is 0. The van der Waals surface area contributed by atoms with Crippen LogP contribution < -0.4 is 4.74 Å². The molecule has 14 heavy (non-hydrogen) atoms. The Balaban J connectivity index is 2.05. The number of halogens is 1. The molecule has 3 nitrogen and oxygen atoms in total. The zero-order valence-electron chi connectivity index (χ0n) is 7.37. The Morgan fingerprint density at radius 1 is 1.64 bits per heavy atom. The molecule has 1 aromatic carbocycles. The molecule has 1 aromatic rings. The van der Waals surface area contributed by atoms with Crippen molar-refractivity contribution in [3.05, 3.63) is 28.8 Å². The molecule has 0 aliphatic carbocycles. The van der Waals surface area contributed by atoms with Gasteiger partial charge in [-0.05, 0) is 18.2 Å². The van der Waals surface area contributed by atoms with E-state index in [2.05, 4.69) is 0 Å². The van der Waals surface area contributed by atoms with Crippen LogP contribution in [0, 0.1) is 11.3 Å². The first-order valence-electron chi connectivity index (χ1n) is 4.23. The third kappa shape index (κ3) is 2.16. The quantitative estimate of drug-likeness (QED) is 0.716. The summed E-state index contributed by atoms with van der Waals surface area (Å²) in [6.07, 6.45) is 0.210. The van der Waals surface area contributed by atoms with Gasteiger partial charge in [-0.1, -0.05) is 11.6 Å². The second kappa shape index (κ2) is 3.87. The monoisotopic (exact) mass is 209 g/mol. The van der Waals surface area contributed by atoms with E-state index >= 15 is 0 Å². The van der Waals surface area contributed by atoms with Crippen molar-refractivity contribution in [3.8, 4) is 11.8 Å².